The fourth-order valence-corrected chi connectivity index (χ4v) is 3.73. The number of amides is 1. The van der Waals surface area contributed by atoms with Crippen LogP contribution in [0.4, 0.5) is 9.52 Å². The largest absolute Gasteiger partial charge is 0.484 e. The highest BCUT2D eigenvalue weighted by Crippen LogP contribution is 2.30. The lowest BCUT2D eigenvalue weighted by molar-refractivity contribution is 0.0992. The van der Waals surface area contributed by atoms with Crippen LogP contribution in [-0.4, -0.2) is 10.9 Å². The Hall–Kier alpha value is -3.96. The molecular formula is C23H16FN3O3S. The van der Waals surface area contributed by atoms with E-state index in [2.05, 4.69) is 16.4 Å². The van der Waals surface area contributed by atoms with Gasteiger partial charge < -0.3 is 9.15 Å². The Bertz CT molecular complexity index is 1270. The number of carbonyl (C=O) groups excluding carboxylic acids is 1. The highest BCUT2D eigenvalue weighted by molar-refractivity contribution is 7.16. The highest BCUT2D eigenvalue weighted by atomic mass is 32.1. The average Bonchev–Trinajstić information content (AvgIpc) is 3.39. The normalized spacial score (nSPS) is 10.5. The van der Waals surface area contributed by atoms with Crippen LogP contribution in [0.15, 0.2) is 65.1 Å². The zero-order valence-electron chi connectivity index (χ0n) is 16.4. The lowest BCUT2D eigenvalue weighted by atomic mass is 10.1. The molecule has 4 rings (SSSR count). The van der Waals surface area contributed by atoms with Crippen LogP contribution in [0.5, 0.6) is 5.75 Å². The first kappa shape index (κ1) is 20.3. The van der Waals surface area contributed by atoms with Gasteiger partial charge in [0, 0.05) is 10.4 Å². The van der Waals surface area contributed by atoms with E-state index in [1.807, 2.05) is 6.92 Å². The molecule has 2 aromatic heterocycles. The quantitative estimate of drug-likeness (QED) is 0.430. The van der Waals surface area contributed by atoms with Crippen LogP contribution in [0.2, 0.25) is 0 Å². The van der Waals surface area contributed by atoms with Gasteiger partial charge in [-0.15, -0.1) is 11.3 Å². The van der Waals surface area contributed by atoms with E-state index < -0.39 is 5.91 Å². The number of hydrogen-bond donors (Lipinski definition) is 1. The van der Waals surface area contributed by atoms with Crippen molar-refractivity contribution in [3.8, 4) is 23.1 Å². The zero-order chi connectivity index (χ0) is 21.8. The second-order valence-electron chi connectivity index (χ2n) is 6.55. The molecule has 0 fully saturated rings. The van der Waals surface area contributed by atoms with Gasteiger partial charge in [0.05, 0.1) is 11.3 Å². The molecule has 0 aliphatic rings. The molecule has 6 nitrogen and oxygen atoms in total. The summed E-state index contributed by atoms with van der Waals surface area (Å²) in [5.74, 6) is 0.240. The van der Waals surface area contributed by atoms with Crippen LogP contribution in [0.3, 0.4) is 0 Å². The molecule has 154 valence electrons. The third kappa shape index (κ3) is 4.63. The standard InChI is InChI=1S/C23H16FN3O3S/c1-14-21(15-6-8-17(24)9-7-15)26-23(31-14)27-22(28)20-11-10-18(30-20)13-29-19-5-3-2-4-16(19)12-25/h2-11H,13H2,1H3,(H,26,27,28). The number of halogens is 1. The summed E-state index contributed by atoms with van der Waals surface area (Å²) in [5, 5.41) is 12.2. The molecule has 0 bridgehead atoms. The third-order valence-electron chi connectivity index (χ3n) is 4.40. The average molecular weight is 433 g/mol. The number of rotatable bonds is 6. The summed E-state index contributed by atoms with van der Waals surface area (Å²) in [4.78, 5) is 17.9. The Morgan fingerprint density at radius 2 is 1.97 bits per heavy atom. The maximum absolute atomic E-state index is 13.2. The summed E-state index contributed by atoms with van der Waals surface area (Å²) < 4.78 is 24.3. The van der Waals surface area contributed by atoms with Crippen molar-refractivity contribution in [2.24, 2.45) is 0 Å². The van der Waals surface area contributed by atoms with Crippen LogP contribution < -0.4 is 10.1 Å². The molecule has 0 aliphatic heterocycles. The van der Waals surface area contributed by atoms with Crippen molar-refractivity contribution in [3.05, 3.63) is 88.4 Å². The van der Waals surface area contributed by atoms with E-state index in [0.29, 0.717) is 27.9 Å². The van der Waals surface area contributed by atoms with Crippen molar-refractivity contribution in [1.29, 1.82) is 5.26 Å². The fraction of sp³-hybridized carbons (Fsp3) is 0.0870. The number of aromatic nitrogens is 1. The predicted molar refractivity (Wildman–Crippen MR) is 114 cm³/mol. The van der Waals surface area contributed by atoms with E-state index in [4.69, 9.17) is 14.4 Å². The summed E-state index contributed by atoms with van der Waals surface area (Å²) in [6.45, 7) is 1.96. The van der Waals surface area contributed by atoms with Crippen molar-refractivity contribution in [3.63, 3.8) is 0 Å². The molecule has 2 heterocycles. The van der Waals surface area contributed by atoms with Crippen LogP contribution in [-0.2, 0) is 6.61 Å². The maximum atomic E-state index is 13.2. The molecule has 0 saturated carbocycles. The van der Waals surface area contributed by atoms with Gasteiger partial charge in [-0.25, -0.2) is 9.37 Å². The molecule has 0 spiro atoms. The minimum Gasteiger partial charge on any atom is -0.484 e. The lowest BCUT2D eigenvalue weighted by Gasteiger charge is -2.05. The summed E-state index contributed by atoms with van der Waals surface area (Å²) >= 11 is 1.32. The smallest absolute Gasteiger partial charge is 0.293 e. The molecule has 0 saturated heterocycles. The molecule has 0 atom stereocenters. The number of furan rings is 1. The number of anilines is 1. The van der Waals surface area contributed by atoms with E-state index >= 15 is 0 Å². The Morgan fingerprint density at radius 3 is 2.74 bits per heavy atom. The second kappa shape index (κ2) is 8.81. The topological polar surface area (TPSA) is 88.1 Å². The monoisotopic (exact) mass is 433 g/mol. The van der Waals surface area contributed by atoms with Gasteiger partial charge in [0.2, 0.25) is 0 Å². The van der Waals surface area contributed by atoms with Gasteiger partial charge in [0.15, 0.2) is 10.9 Å². The Morgan fingerprint density at radius 1 is 1.19 bits per heavy atom. The van der Waals surface area contributed by atoms with Crippen LogP contribution in [0, 0.1) is 24.1 Å². The van der Waals surface area contributed by atoms with E-state index in [1.54, 1.807) is 48.5 Å². The zero-order valence-corrected chi connectivity index (χ0v) is 17.2. The lowest BCUT2D eigenvalue weighted by Crippen LogP contribution is -2.10. The number of para-hydroxylation sites is 1. The predicted octanol–water partition coefficient (Wildman–Crippen LogP) is 5.55. The summed E-state index contributed by atoms with van der Waals surface area (Å²) in [6, 6.07) is 18.2. The number of benzene rings is 2. The Labute approximate surface area is 181 Å². The van der Waals surface area contributed by atoms with E-state index in [-0.39, 0.29) is 18.2 Å². The van der Waals surface area contributed by atoms with Crippen LogP contribution >= 0.6 is 11.3 Å². The van der Waals surface area contributed by atoms with Gasteiger partial charge in [0.25, 0.3) is 5.91 Å². The highest BCUT2D eigenvalue weighted by Gasteiger charge is 2.16. The molecular weight excluding hydrogens is 417 g/mol. The van der Waals surface area contributed by atoms with Crippen molar-refractivity contribution in [2.75, 3.05) is 5.32 Å². The summed E-state index contributed by atoms with van der Waals surface area (Å²) in [7, 11) is 0. The number of aryl methyl sites for hydroxylation is 1. The van der Waals surface area contributed by atoms with Crippen LogP contribution in [0.25, 0.3) is 11.3 Å². The summed E-state index contributed by atoms with van der Waals surface area (Å²) in [6.07, 6.45) is 0. The van der Waals surface area contributed by atoms with Crippen molar-refractivity contribution in [2.45, 2.75) is 13.5 Å². The van der Waals surface area contributed by atoms with Gasteiger partial charge >= 0.3 is 0 Å². The minimum absolute atomic E-state index is 0.0804. The molecule has 8 heteroatoms. The number of carbonyl (C=O) groups is 1. The van der Waals surface area contributed by atoms with Crippen LogP contribution in [0.1, 0.15) is 26.8 Å². The number of nitrogens with zero attached hydrogens (tertiary/aromatic N) is 2. The van der Waals surface area contributed by atoms with Gasteiger partial charge in [0.1, 0.15) is 30.0 Å². The molecule has 0 radical (unpaired) electrons. The third-order valence-corrected chi connectivity index (χ3v) is 5.28. The number of hydrogen-bond acceptors (Lipinski definition) is 6. The van der Waals surface area contributed by atoms with Gasteiger partial charge in [-0.3, -0.25) is 10.1 Å². The molecule has 1 amide bonds. The molecule has 0 aliphatic carbocycles. The Kier molecular flexibility index (Phi) is 5.78. The summed E-state index contributed by atoms with van der Waals surface area (Å²) in [5.41, 5.74) is 1.87. The van der Waals surface area contributed by atoms with E-state index in [1.165, 1.54) is 23.5 Å². The van der Waals surface area contributed by atoms with Crippen molar-refractivity contribution < 1.29 is 18.3 Å². The molecule has 2 aromatic carbocycles. The molecule has 0 unspecified atom stereocenters. The van der Waals surface area contributed by atoms with Gasteiger partial charge in [-0.2, -0.15) is 5.26 Å². The number of thiazole rings is 1. The van der Waals surface area contributed by atoms with Gasteiger partial charge in [-0.05, 0) is 55.5 Å². The van der Waals surface area contributed by atoms with E-state index in [0.717, 1.165) is 10.4 Å². The number of nitriles is 1. The molecule has 4 aromatic rings. The number of nitrogens with one attached hydrogen (secondary N) is 1. The van der Waals surface area contributed by atoms with E-state index in [9.17, 15) is 9.18 Å². The molecule has 31 heavy (non-hydrogen) atoms. The first-order valence-electron chi connectivity index (χ1n) is 9.29. The first-order chi connectivity index (χ1) is 15.0. The first-order valence-corrected chi connectivity index (χ1v) is 10.1. The maximum Gasteiger partial charge on any atom is 0.293 e. The van der Waals surface area contributed by atoms with Crippen molar-refractivity contribution in [1.82, 2.24) is 4.98 Å². The Balaban J connectivity index is 1.42. The fourth-order valence-electron chi connectivity index (χ4n) is 2.90. The minimum atomic E-state index is -0.442. The molecule has 1 N–H and O–H groups in total. The van der Waals surface area contributed by atoms with Crippen molar-refractivity contribution >= 4 is 22.4 Å². The number of ether oxygens (including phenoxy) is 1. The van der Waals surface area contributed by atoms with Gasteiger partial charge in [-0.1, -0.05) is 12.1 Å². The SMILES string of the molecule is Cc1sc(NC(=O)c2ccc(COc3ccccc3C#N)o2)nc1-c1ccc(F)cc1. The second-order valence-corrected chi connectivity index (χ2v) is 7.75.